The third-order valence-electron chi connectivity index (χ3n) is 8.39. The number of aliphatic hydroxyl groups is 1. The van der Waals surface area contributed by atoms with Gasteiger partial charge in [-0.1, -0.05) is 26.8 Å². The Hall–Kier alpha value is -1.95. The van der Waals surface area contributed by atoms with Gasteiger partial charge in [-0.25, -0.2) is 0 Å². The molecule has 0 spiro atoms. The first-order valence-corrected chi connectivity index (χ1v) is 12.0. The Morgan fingerprint density at radius 3 is 2.65 bits per heavy atom. The quantitative estimate of drug-likeness (QED) is 0.651. The molecule has 3 aliphatic rings. The molecule has 1 heterocycles. The van der Waals surface area contributed by atoms with Crippen LogP contribution in [0.25, 0.3) is 0 Å². The van der Waals surface area contributed by atoms with Crippen LogP contribution in [0.15, 0.2) is 24.4 Å². The van der Waals surface area contributed by atoms with Crippen LogP contribution >= 0.6 is 0 Å². The Morgan fingerprint density at radius 1 is 1.23 bits per heavy atom. The average Bonchev–Trinajstić information content (AvgIpc) is 3.60. The van der Waals surface area contributed by atoms with Gasteiger partial charge in [-0.05, 0) is 73.8 Å². The molecular weight excluding hydrogens is 390 g/mol. The molecule has 0 bridgehead atoms. The number of amides is 2. The largest absolute Gasteiger partial charge is 0.392 e. The number of hydrogen-bond donors (Lipinski definition) is 3. The number of nitrogens with one attached hydrogen (secondary N) is 2. The summed E-state index contributed by atoms with van der Waals surface area (Å²) in [6.07, 6.45) is 7.06. The fourth-order valence-electron chi connectivity index (χ4n) is 6.18. The number of carbonyl (C=O) groups excluding carboxylic acids is 2. The van der Waals surface area contributed by atoms with Gasteiger partial charge in [-0.15, -0.1) is 0 Å². The summed E-state index contributed by atoms with van der Waals surface area (Å²) in [6.45, 7) is 6.81. The van der Waals surface area contributed by atoms with E-state index in [2.05, 4.69) is 29.5 Å². The van der Waals surface area contributed by atoms with E-state index in [1.807, 2.05) is 25.1 Å². The van der Waals surface area contributed by atoms with Crippen molar-refractivity contribution in [2.75, 3.05) is 0 Å². The van der Waals surface area contributed by atoms with Crippen LogP contribution in [0.2, 0.25) is 0 Å². The highest BCUT2D eigenvalue weighted by molar-refractivity contribution is 5.81. The average molecular weight is 428 g/mol. The molecule has 6 nitrogen and oxygen atoms in total. The van der Waals surface area contributed by atoms with Crippen molar-refractivity contribution < 1.29 is 14.7 Å². The van der Waals surface area contributed by atoms with Gasteiger partial charge in [0.2, 0.25) is 11.8 Å². The van der Waals surface area contributed by atoms with E-state index in [1.165, 1.54) is 0 Å². The summed E-state index contributed by atoms with van der Waals surface area (Å²) in [7, 11) is 0. The van der Waals surface area contributed by atoms with Crippen LogP contribution < -0.4 is 10.6 Å². The smallest absolute Gasteiger partial charge is 0.223 e. The molecule has 3 aliphatic carbocycles. The van der Waals surface area contributed by atoms with Crippen molar-refractivity contribution in [2.45, 2.75) is 78.0 Å². The second-order valence-corrected chi connectivity index (χ2v) is 10.5. The van der Waals surface area contributed by atoms with E-state index in [0.717, 1.165) is 44.2 Å². The summed E-state index contributed by atoms with van der Waals surface area (Å²) < 4.78 is 0. The maximum Gasteiger partial charge on any atom is 0.223 e. The Kier molecular flexibility index (Phi) is 6.38. The molecule has 3 N–H and O–H groups in total. The van der Waals surface area contributed by atoms with Gasteiger partial charge in [0, 0.05) is 24.1 Å². The fourth-order valence-corrected chi connectivity index (χ4v) is 6.18. The van der Waals surface area contributed by atoms with Crippen LogP contribution in [-0.2, 0) is 16.1 Å². The van der Waals surface area contributed by atoms with Crippen LogP contribution in [-0.4, -0.2) is 34.1 Å². The number of carbonyl (C=O) groups is 2. The van der Waals surface area contributed by atoms with E-state index in [4.69, 9.17) is 0 Å². The maximum atomic E-state index is 12.9. The molecule has 31 heavy (non-hydrogen) atoms. The summed E-state index contributed by atoms with van der Waals surface area (Å²) in [5.41, 5.74) is 0.898. The van der Waals surface area contributed by atoms with Gasteiger partial charge in [-0.2, -0.15) is 0 Å². The second-order valence-electron chi connectivity index (χ2n) is 10.5. The van der Waals surface area contributed by atoms with Crippen LogP contribution in [0, 0.1) is 35.0 Å². The number of nitrogens with zero attached hydrogens (tertiary/aromatic N) is 1. The minimum atomic E-state index is -0.537. The molecule has 0 aromatic carbocycles. The molecule has 1 aromatic rings. The van der Waals surface area contributed by atoms with Gasteiger partial charge in [0.15, 0.2) is 0 Å². The monoisotopic (exact) mass is 427 g/mol. The van der Waals surface area contributed by atoms with Gasteiger partial charge in [0.1, 0.15) is 0 Å². The zero-order valence-corrected chi connectivity index (χ0v) is 19.0. The zero-order valence-electron chi connectivity index (χ0n) is 19.0. The van der Waals surface area contributed by atoms with Crippen molar-refractivity contribution in [2.24, 2.45) is 35.0 Å². The van der Waals surface area contributed by atoms with Gasteiger partial charge >= 0.3 is 0 Å². The van der Waals surface area contributed by atoms with Crippen LogP contribution in [0.1, 0.15) is 65.0 Å². The first kappa shape index (κ1) is 22.3. The second kappa shape index (κ2) is 8.89. The van der Waals surface area contributed by atoms with Crippen molar-refractivity contribution in [1.29, 1.82) is 0 Å². The summed E-state index contributed by atoms with van der Waals surface area (Å²) in [4.78, 5) is 29.5. The maximum absolute atomic E-state index is 12.9. The molecule has 6 heteroatoms. The molecular formula is C25H37N3O3. The van der Waals surface area contributed by atoms with Crippen molar-refractivity contribution in [3.8, 4) is 0 Å². The molecule has 3 saturated carbocycles. The molecule has 7 atom stereocenters. The number of aliphatic hydroxyl groups excluding tert-OH is 1. The van der Waals surface area contributed by atoms with Crippen LogP contribution in [0.3, 0.4) is 0 Å². The number of pyridine rings is 1. The third kappa shape index (κ3) is 4.64. The third-order valence-corrected chi connectivity index (χ3v) is 8.39. The van der Waals surface area contributed by atoms with Gasteiger partial charge < -0.3 is 15.7 Å². The summed E-state index contributed by atoms with van der Waals surface area (Å²) in [6, 6.07) is 5.78. The van der Waals surface area contributed by atoms with E-state index >= 15 is 0 Å². The van der Waals surface area contributed by atoms with Gasteiger partial charge in [0.05, 0.1) is 18.3 Å². The predicted molar refractivity (Wildman–Crippen MR) is 119 cm³/mol. The number of hydrogen-bond acceptors (Lipinski definition) is 4. The predicted octanol–water partition coefficient (Wildman–Crippen LogP) is 3.05. The van der Waals surface area contributed by atoms with Gasteiger partial charge in [0.25, 0.3) is 0 Å². The van der Waals surface area contributed by atoms with E-state index < -0.39 is 6.10 Å². The topological polar surface area (TPSA) is 91.3 Å². The lowest BCUT2D eigenvalue weighted by atomic mass is 9.51. The summed E-state index contributed by atoms with van der Waals surface area (Å²) in [5.74, 6) is 0.315. The standard InChI is InChI=1S/C25H37N3O3/c1-15(23(30)27-14-18-6-4-5-13-26-18)19-9-11-25(3)12-10-20(16(2)21(25)22(19)29)28-24(31)17-7-8-17/h4-6,13,15-17,19-22,29H,7-12,14H2,1-3H3,(H,27,30)(H,28,31)/t15-,16+,19?,20-,21+,22-,25-/m0/s1. The summed E-state index contributed by atoms with van der Waals surface area (Å²) in [5, 5.41) is 17.7. The van der Waals surface area contributed by atoms with Crippen molar-refractivity contribution >= 4 is 11.8 Å². The van der Waals surface area contributed by atoms with Crippen LogP contribution in [0.5, 0.6) is 0 Å². The summed E-state index contributed by atoms with van der Waals surface area (Å²) >= 11 is 0. The molecule has 1 aromatic heterocycles. The molecule has 3 fully saturated rings. The Balaban J connectivity index is 1.41. The first-order chi connectivity index (χ1) is 14.8. The van der Waals surface area contributed by atoms with Crippen molar-refractivity contribution in [1.82, 2.24) is 15.6 Å². The SMILES string of the molecule is C[C@H]1[C@@H]2[C@@H](O)C([C@H](C)C(=O)NCc3ccccn3)CC[C@@]2(C)CC[C@@H]1NC(=O)C1CC1. The lowest BCUT2D eigenvalue weighted by Gasteiger charge is -2.56. The van der Waals surface area contributed by atoms with E-state index in [0.29, 0.717) is 6.54 Å². The zero-order chi connectivity index (χ0) is 22.2. The lowest BCUT2D eigenvalue weighted by Crippen LogP contribution is -2.58. The highest BCUT2D eigenvalue weighted by Crippen LogP contribution is 2.55. The van der Waals surface area contributed by atoms with E-state index in [-0.39, 0.29) is 52.9 Å². The Labute approximate surface area is 185 Å². The minimum Gasteiger partial charge on any atom is -0.392 e. The highest BCUT2D eigenvalue weighted by Gasteiger charge is 2.54. The van der Waals surface area contributed by atoms with Crippen molar-refractivity contribution in [3.63, 3.8) is 0 Å². The first-order valence-electron chi connectivity index (χ1n) is 12.0. The number of rotatable bonds is 6. The number of aromatic nitrogens is 1. The molecule has 0 saturated heterocycles. The molecule has 4 rings (SSSR count). The van der Waals surface area contributed by atoms with Crippen LogP contribution in [0.4, 0.5) is 0 Å². The minimum absolute atomic E-state index is 0.0274. The highest BCUT2D eigenvalue weighted by atomic mass is 16.3. The van der Waals surface area contributed by atoms with E-state index in [9.17, 15) is 14.7 Å². The fraction of sp³-hybridized carbons (Fsp3) is 0.720. The van der Waals surface area contributed by atoms with E-state index in [1.54, 1.807) is 6.20 Å². The normalized spacial score (nSPS) is 36.2. The van der Waals surface area contributed by atoms with Crippen molar-refractivity contribution in [3.05, 3.63) is 30.1 Å². The Morgan fingerprint density at radius 2 is 1.97 bits per heavy atom. The number of fused-ring (bicyclic) bond motifs is 1. The molecule has 0 radical (unpaired) electrons. The molecule has 170 valence electrons. The Bertz CT molecular complexity index is 796. The molecule has 0 aliphatic heterocycles. The van der Waals surface area contributed by atoms with Gasteiger partial charge in [-0.3, -0.25) is 14.6 Å². The lowest BCUT2D eigenvalue weighted by molar-refractivity contribution is -0.144. The molecule has 1 unspecified atom stereocenters. The molecule has 2 amide bonds.